The first-order chi connectivity index (χ1) is 14.7. The Morgan fingerprint density at radius 2 is 1.58 bits per heavy atom. The molecule has 31 heavy (non-hydrogen) atoms. The zero-order chi connectivity index (χ0) is 20.5. The molecule has 0 spiro atoms. The summed E-state index contributed by atoms with van der Waals surface area (Å²) < 4.78 is 13.8. The second-order valence-corrected chi connectivity index (χ2v) is 7.27. The van der Waals surface area contributed by atoms with Crippen molar-refractivity contribution in [2.45, 2.75) is 0 Å². The van der Waals surface area contributed by atoms with Crippen LogP contribution in [0.4, 0.5) is 15.9 Å². The van der Waals surface area contributed by atoms with Crippen molar-refractivity contribution in [2.75, 3.05) is 5.32 Å². The molecule has 0 saturated heterocycles. The van der Waals surface area contributed by atoms with Gasteiger partial charge >= 0.3 is 0 Å². The Hall–Kier alpha value is -3.12. The standard InChI is InChI=1S/C24H16ClFN4.V/c25-20-9-5-4-8-18(20)23-14-17(13-22(28-23)15-6-2-1-3-7-15)27-24-19-12-16(26)10-11-21(19)29-30-24;/h1-14H,(H2,27,28,29,30);. The second kappa shape index (κ2) is 8.94. The molecule has 151 valence electrons. The molecule has 0 unspecified atom stereocenters. The molecule has 0 fully saturated rings. The number of benzene rings is 3. The summed E-state index contributed by atoms with van der Waals surface area (Å²) in [6, 6.07) is 25.9. The van der Waals surface area contributed by atoms with Gasteiger partial charge in [0.2, 0.25) is 0 Å². The van der Waals surface area contributed by atoms with E-state index in [1.807, 2.05) is 66.7 Å². The first-order valence-corrected chi connectivity index (χ1v) is 9.78. The van der Waals surface area contributed by atoms with E-state index in [4.69, 9.17) is 16.6 Å². The van der Waals surface area contributed by atoms with Gasteiger partial charge in [0.05, 0.1) is 16.9 Å². The average Bonchev–Trinajstić information content (AvgIpc) is 3.16. The first-order valence-electron chi connectivity index (χ1n) is 9.40. The molecule has 0 atom stereocenters. The minimum atomic E-state index is -0.316. The monoisotopic (exact) mass is 465 g/mol. The van der Waals surface area contributed by atoms with Gasteiger partial charge in [0.15, 0.2) is 5.82 Å². The SMILES string of the molecule is Fc1ccc2[nH]nc(Nc3cc(-c4ccccc4)nc(-c4ccccc4Cl)c3)c2c1.[V]. The third kappa shape index (κ3) is 4.35. The van der Waals surface area contributed by atoms with E-state index in [0.29, 0.717) is 16.2 Å². The number of aromatic nitrogens is 3. The number of nitrogens with one attached hydrogen (secondary N) is 2. The summed E-state index contributed by atoms with van der Waals surface area (Å²) in [5, 5.41) is 11.8. The second-order valence-electron chi connectivity index (χ2n) is 6.86. The van der Waals surface area contributed by atoms with Gasteiger partial charge in [-0.1, -0.05) is 60.1 Å². The third-order valence-electron chi connectivity index (χ3n) is 4.83. The van der Waals surface area contributed by atoms with Gasteiger partial charge in [0.1, 0.15) is 5.82 Å². The Labute approximate surface area is 195 Å². The molecule has 0 aliphatic carbocycles. The van der Waals surface area contributed by atoms with Crippen LogP contribution in [0.2, 0.25) is 5.02 Å². The van der Waals surface area contributed by atoms with E-state index in [0.717, 1.165) is 33.7 Å². The van der Waals surface area contributed by atoms with Crippen molar-refractivity contribution < 1.29 is 22.9 Å². The van der Waals surface area contributed by atoms with E-state index in [-0.39, 0.29) is 24.4 Å². The number of hydrogen-bond acceptors (Lipinski definition) is 3. The van der Waals surface area contributed by atoms with E-state index in [1.54, 1.807) is 6.07 Å². The van der Waals surface area contributed by atoms with Crippen LogP contribution in [0.15, 0.2) is 84.9 Å². The molecule has 2 N–H and O–H groups in total. The van der Waals surface area contributed by atoms with Crippen molar-refractivity contribution in [2.24, 2.45) is 0 Å². The molecular weight excluding hydrogens is 450 g/mol. The fourth-order valence-corrected chi connectivity index (χ4v) is 3.62. The van der Waals surface area contributed by atoms with Gasteiger partial charge in [-0.2, -0.15) is 5.10 Å². The minimum Gasteiger partial charge on any atom is -0.338 e. The van der Waals surface area contributed by atoms with E-state index in [9.17, 15) is 4.39 Å². The number of nitrogens with zero attached hydrogens (tertiary/aromatic N) is 2. The Balaban J connectivity index is 0.00000231. The molecule has 7 heteroatoms. The van der Waals surface area contributed by atoms with Crippen molar-refractivity contribution in [1.82, 2.24) is 15.2 Å². The molecule has 0 saturated carbocycles. The van der Waals surface area contributed by atoms with Crippen LogP contribution in [-0.4, -0.2) is 15.2 Å². The van der Waals surface area contributed by atoms with E-state index >= 15 is 0 Å². The number of fused-ring (bicyclic) bond motifs is 1. The van der Waals surface area contributed by atoms with Gasteiger partial charge in [-0.25, -0.2) is 9.37 Å². The molecule has 5 rings (SSSR count). The number of rotatable bonds is 4. The van der Waals surface area contributed by atoms with Crippen LogP contribution in [0, 0.1) is 5.82 Å². The van der Waals surface area contributed by atoms with Crippen LogP contribution < -0.4 is 5.32 Å². The van der Waals surface area contributed by atoms with E-state index < -0.39 is 0 Å². The van der Waals surface area contributed by atoms with Crippen molar-refractivity contribution in [3.8, 4) is 22.5 Å². The third-order valence-corrected chi connectivity index (χ3v) is 5.16. The van der Waals surface area contributed by atoms with Gasteiger partial charge in [0, 0.05) is 45.8 Å². The fraction of sp³-hybridized carbons (Fsp3) is 0. The van der Waals surface area contributed by atoms with Gasteiger partial charge in [-0.15, -0.1) is 0 Å². The van der Waals surface area contributed by atoms with Crippen molar-refractivity contribution in [1.29, 1.82) is 0 Å². The maximum absolute atomic E-state index is 13.8. The molecule has 4 nitrogen and oxygen atoms in total. The average molecular weight is 466 g/mol. The minimum absolute atomic E-state index is 0. The molecule has 2 heterocycles. The van der Waals surface area contributed by atoms with Gasteiger partial charge in [0.25, 0.3) is 0 Å². The van der Waals surface area contributed by atoms with Crippen LogP contribution in [0.1, 0.15) is 0 Å². The largest absolute Gasteiger partial charge is 0.338 e. The van der Waals surface area contributed by atoms with Gasteiger partial charge in [-0.3, -0.25) is 5.10 Å². The van der Waals surface area contributed by atoms with E-state index in [2.05, 4.69) is 15.5 Å². The molecule has 1 radical (unpaired) electrons. The van der Waals surface area contributed by atoms with Crippen LogP contribution >= 0.6 is 11.6 Å². The molecule has 2 aromatic heterocycles. The predicted molar refractivity (Wildman–Crippen MR) is 119 cm³/mol. The first kappa shape index (κ1) is 21.1. The van der Waals surface area contributed by atoms with Gasteiger partial charge in [-0.05, 0) is 36.4 Å². The Kier molecular flexibility index (Phi) is 6.09. The smallest absolute Gasteiger partial charge is 0.160 e. The van der Waals surface area contributed by atoms with Gasteiger partial charge < -0.3 is 5.32 Å². The predicted octanol–water partition coefficient (Wildman–Crippen LogP) is 6.83. The molecule has 3 aromatic carbocycles. The molecule has 0 amide bonds. The summed E-state index contributed by atoms with van der Waals surface area (Å²) >= 11 is 6.43. The van der Waals surface area contributed by atoms with Crippen LogP contribution in [-0.2, 0) is 18.6 Å². The number of pyridine rings is 1. The zero-order valence-corrected chi connectivity index (χ0v) is 18.3. The molecule has 0 aliphatic heterocycles. The molecule has 5 aromatic rings. The van der Waals surface area contributed by atoms with Crippen LogP contribution in [0.25, 0.3) is 33.4 Å². The number of hydrogen-bond donors (Lipinski definition) is 2. The topological polar surface area (TPSA) is 53.6 Å². The van der Waals surface area contributed by atoms with Crippen LogP contribution in [0.3, 0.4) is 0 Å². The summed E-state index contributed by atoms with van der Waals surface area (Å²) in [4.78, 5) is 4.83. The number of anilines is 2. The molecule has 0 aliphatic rings. The Morgan fingerprint density at radius 1 is 0.839 bits per heavy atom. The van der Waals surface area contributed by atoms with Crippen molar-refractivity contribution in [3.63, 3.8) is 0 Å². The number of halogens is 2. The zero-order valence-electron chi connectivity index (χ0n) is 16.2. The number of aromatic amines is 1. The summed E-state index contributed by atoms with van der Waals surface area (Å²) in [6.07, 6.45) is 0. The quantitative estimate of drug-likeness (QED) is 0.306. The summed E-state index contributed by atoms with van der Waals surface area (Å²) in [7, 11) is 0. The fourth-order valence-electron chi connectivity index (χ4n) is 3.38. The summed E-state index contributed by atoms with van der Waals surface area (Å²) in [5.74, 6) is 0.225. The summed E-state index contributed by atoms with van der Waals surface area (Å²) in [5.41, 5.74) is 4.86. The van der Waals surface area contributed by atoms with Crippen LogP contribution in [0.5, 0.6) is 0 Å². The maximum Gasteiger partial charge on any atom is 0.160 e. The van der Waals surface area contributed by atoms with E-state index in [1.165, 1.54) is 12.1 Å². The normalized spacial score (nSPS) is 10.6. The molecular formula is C24H16ClFN4V. The maximum atomic E-state index is 13.8. The van der Waals surface area contributed by atoms with Crippen molar-refractivity contribution in [3.05, 3.63) is 95.8 Å². The Bertz CT molecular complexity index is 1350. The summed E-state index contributed by atoms with van der Waals surface area (Å²) in [6.45, 7) is 0. The molecule has 0 bridgehead atoms. The van der Waals surface area contributed by atoms with Crippen molar-refractivity contribution >= 4 is 34.0 Å². The Morgan fingerprint density at radius 3 is 2.39 bits per heavy atom. The number of H-pyrrole nitrogens is 1.